The van der Waals surface area contributed by atoms with E-state index in [-0.39, 0.29) is 48.4 Å². The van der Waals surface area contributed by atoms with Gasteiger partial charge in [0.05, 0.1) is 27.9 Å². The van der Waals surface area contributed by atoms with Crippen LogP contribution in [0.3, 0.4) is 0 Å². The van der Waals surface area contributed by atoms with E-state index in [1.54, 1.807) is 29.2 Å². The third-order valence-corrected chi connectivity index (χ3v) is 7.11. The number of rotatable bonds is 4. The highest BCUT2D eigenvalue weighted by molar-refractivity contribution is 7.89. The quantitative estimate of drug-likeness (QED) is 0.670. The summed E-state index contributed by atoms with van der Waals surface area (Å²) in [5, 5.41) is 15.9. The number of aromatic amines is 1. The molecule has 10 heteroatoms. The van der Waals surface area contributed by atoms with Gasteiger partial charge in [-0.25, -0.2) is 12.8 Å². The Morgan fingerprint density at radius 3 is 2.42 bits per heavy atom. The van der Waals surface area contributed by atoms with Crippen LogP contribution in [0, 0.1) is 17.1 Å². The summed E-state index contributed by atoms with van der Waals surface area (Å²) >= 11 is 0. The second kappa shape index (κ2) is 8.29. The number of carbonyl (C=O) groups is 1. The van der Waals surface area contributed by atoms with Crippen molar-refractivity contribution in [3.05, 3.63) is 71.7 Å². The Balaban J connectivity index is 1.50. The molecule has 2 aromatic carbocycles. The zero-order chi connectivity index (χ0) is 22.0. The maximum Gasteiger partial charge on any atom is 0.257 e. The van der Waals surface area contributed by atoms with Gasteiger partial charge in [-0.2, -0.15) is 14.7 Å². The first-order valence-electron chi connectivity index (χ1n) is 9.49. The van der Waals surface area contributed by atoms with Crippen molar-refractivity contribution < 1.29 is 17.6 Å². The van der Waals surface area contributed by atoms with Crippen LogP contribution >= 0.6 is 0 Å². The highest BCUT2D eigenvalue weighted by Crippen LogP contribution is 2.25. The van der Waals surface area contributed by atoms with Crippen LogP contribution in [0.4, 0.5) is 4.39 Å². The predicted molar refractivity (Wildman–Crippen MR) is 110 cm³/mol. The van der Waals surface area contributed by atoms with Crippen LogP contribution in [-0.4, -0.2) is 59.9 Å². The highest BCUT2D eigenvalue weighted by Gasteiger charge is 2.32. The zero-order valence-electron chi connectivity index (χ0n) is 16.3. The standard InChI is InChI=1S/C21H18FN5O3S/c22-17-7-5-15(6-8-17)20-18(14-24-25-20)21(28)26-9-11-27(12-10-26)31(29,30)19-4-2-1-3-16(19)13-23/h1-8,14H,9-12H2,(H,24,25). The molecular formula is C21H18FN5O3S. The molecular weight excluding hydrogens is 421 g/mol. The molecule has 0 bridgehead atoms. The molecule has 1 fully saturated rings. The van der Waals surface area contributed by atoms with E-state index in [1.807, 2.05) is 6.07 Å². The molecule has 1 saturated heterocycles. The smallest absolute Gasteiger partial charge is 0.257 e. The fourth-order valence-corrected chi connectivity index (χ4v) is 5.07. The highest BCUT2D eigenvalue weighted by atomic mass is 32.2. The van der Waals surface area contributed by atoms with Crippen molar-refractivity contribution in [3.8, 4) is 17.3 Å². The summed E-state index contributed by atoms with van der Waals surface area (Å²) < 4.78 is 40.4. The molecule has 158 valence electrons. The first kappa shape index (κ1) is 20.7. The Kier molecular flexibility index (Phi) is 5.54. The van der Waals surface area contributed by atoms with Gasteiger partial charge in [0, 0.05) is 31.7 Å². The Labute approximate surface area is 178 Å². The average molecular weight is 439 g/mol. The van der Waals surface area contributed by atoms with Crippen molar-refractivity contribution in [2.75, 3.05) is 26.2 Å². The van der Waals surface area contributed by atoms with Crippen LogP contribution in [0.1, 0.15) is 15.9 Å². The van der Waals surface area contributed by atoms with Crippen LogP contribution in [-0.2, 0) is 10.0 Å². The number of nitrogens with zero attached hydrogens (tertiary/aromatic N) is 4. The molecule has 8 nitrogen and oxygen atoms in total. The van der Waals surface area contributed by atoms with Crippen molar-refractivity contribution in [2.24, 2.45) is 0 Å². The van der Waals surface area contributed by atoms with Crippen molar-refractivity contribution in [3.63, 3.8) is 0 Å². The molecule has 1 amide bonds. The number of piperazine rings is 1. The number of aromatic nitrogens is 2. The SMILES string of the molecule is N#Cc1ccccc1S(=O)(=O)N1CCN(C(=O)c2cn[nH]c2-c2ccc(F)cc2)CC1. The van der Waals surface area contributed by atoms with E-state index in [2.05, 4.69) is 10.2 Å². The third kappa shape index (κ3) is 3.93. The molecule has 2 heterocycles. The second-order valence-electron chi connectivity index (χ2n) is 6.97. The Bertz CT molecular complexity index is 1260. The van der Waals surface area contributed by atoms with E-state index in [4.69, 9.17) is 0 Å². The number of hydrogen-bond acceptors (Lipinski definition) is 5. The van der Waals surface area contributed by atoms with Gasteiger partial charge in [-0.05, 0) is 36.4 Å². The first-order chi connectivity index (χ1) is 14.9. The van der Waals surface area contributed by atoms with Gasteiger partial charge in [0.25, 0.3) is 5.91 Å². The Morgan fingerprint density at radius 2 is 1.74 bits per heavy atom. The lowest BCUT2D eigenvalue weighted by atomic mass is 10.1. The zero-order valence-corrected chi connectivity index (χ0v) is 17.1. The van der Waals surface area contributed by atoms with Crippen LogP contribution in [0.15, 0.2) is 59.6 Å². The van der Waals surface area contributed by atoms with Gasteiger partial charge in [-0.1, -0.05) is 12.1 Å². The number of sulfonamides is 1. The molecule has 1 N–H and O–H groups in total. The van der Waals surface area contributed by atoms with Gasteiger partial charge in [-0.3, -0.25) is 9.89 Å². The van der Waals surface area contributed by atoms with E-state index in [0.717, 1.165) is 0 Å². The molecule has 0 saturated carbocycles. The summed E-state index contributed by atoms with van der Waals surface area (Å²) in [6.07, 6.45) is 1.41. The lowest BCUT2D eigenvalue weighted by Gasteiger charge is -2.34. The van der Waals surface area contributed by atoms with E-state index >= 15 is 0 Å². The minimum absolute atomic E-state index is 0.0364. The molecule has 1 aliphatic heterocycles. The van der Waals surface area contributed by atoms with Gasteiger partial charge < -0.3 is 4.90 Å². The molecule has 0 spiro atoms. The van der Waals surface area contributed by atoms with Gasteiger partial charge in [-0.15, -0.1) is 0 Å². The summed E-state index contributed by atoms with van der Waals surface area (Å²) in [6, 6.07) is 13.7. The number of hydrogen-bond donors (Lipinski definition) is 1. The van der Waals surface area contributed by atoms with Crippen molar-refractivity contribution >= 4 is 15.9 Å². The van der Waals surface area contributed by atoms with E-state index in [1.165, 1.54) is 34.8 Å². The van der Waals surface area contributed by atoms with Gasteiger partial charge in [0.15, 0.2) is 0 Å². The summed E-state index contributed by atoms with van der Waals surface area (Å²) in [7, 11) is -3.84. The monoisotopic (exact) mass is 439 g/mol. The number of benzene rings is 2. The molecule has 0 atom stereocenters. The van der Waals surface area contributed by atoms with Crippen molar-refractivity contribution in [1.82, 2.24) is 19.4 Å². The number of nitrogens with one attached hydrogen (secondary N) is 1. The predicted octanol–water partition coefficient (Wildman–Crippen LogP) is 2.23. The number of H-pyrrole nitrogens is 1. The second-order valence-corrected chi connectivity index (χ2v) is 8.88. The van der Waals surface area contributed by atoms with Crippen LogP contribution in [0.2, 0.25) is 0 Å². The molecule has 1 aliphatic rings. The summed E-state index contributed by atoms with van der Waals surface area (Å²) in [4.78, 5) is 14.5. The lowest BCUT2D eigenvalue weighted by Crippen LogP contribution is -2.50. The van der Waals surface area contributed by atoms with Crippen molar-refractivity contribution in [1.29, 1.82) is 5.26 Å². The molecule has 0 radical (unpaired) electrons. The van der Waals surface area contributed by atoms with Crippen LogP contribution < -0.4 is 0 Å². The van der Waals surface area contributed by atoms with Crippen molar-refractivity contribution in [2.45, 2.75) is 4.90 Å². The van der Waals surface area contributed by atoms with Crippen LogP contribution in [0.5, 0.6) is 0 Å². The lowest BCUT2D eigenvalue weighted by molar-refractivity contribution is 0.0698. The maximum atomic E-state index is 13.2. The largest absolute Gasteiger partial charge is 0.336 e. The summed E-state index contributed by atoms with van der Waals surface area (Å²) in [5.41, 5.74) is 1.51. The fourth-order valence-electron chi connectivity index (χ4n) is 3.51. The molecule has 31 heavy (non-hydrogen) atoms. The normalized spacial score (nSPS) is 14.9. The first-order valence-corrected chi connectivity index (χ1v) is 10.9. The van der Waals surface area contributed by atoms with Crippen LogP contribution in [0.25, 0.3) is 11.3 Å². The van der Waals surface area contributed by atoms with Gasteiger partial charge in [0.2, 0.25) is 10.0 Å². The van der Waals surface area contributed by atoms with E-state index in [0.29, 0.717) is 16.8 Å². The van der Waals surface area contributed by atoms with E-state index < -0.39 is 10.0 Å². The molecule has 0 unspecified atom stereocenters. The molecule has 4 rings (SSSR count). The topological polar surface area (TPSA) is 110 Å². The maximum absolute atomic E-state index is 13.2. The Morgan fingerprint density at radius 1 is 1.06 bits per heavy atom. The average Bonchev–Trinajstić information content (AvgIpc) is 3.29. The van der Waals surface area contributed by atoms with Gasteiger partial charge in [0.1, 0.15) is 11.9 Å². The molecule has 3 aromatic rings. The number of carbonyl (C=O) groups excluding carboxylic acids is 1. The third-order valence-electron chi connectivity index (χ3n) is 5.15. The minimum Gasteiger partial charge on any atom is -0.336 e. The minimum atomic E-state index is -3.84. The van der Waals surface area contributed by atoms with E-state index in [9.17, 15) is 22.9 Å². The molecule has 1 aromatic heterocycles. The Hall–Kier alpha value is -3.55. The summed E-state index contributed by atoms with van der Waals surface area (Å²) in [6.45, 7) is 0.608. The summed E-state index contributed by atoms with van der Waals surface area (Å²) in [5.74, 6) is -0.672. The van der Waals surface area contributed by atoms with Gasteiger partial charge >= 0.3 is 0 Å². The number of nitriles is 1. The number of amides is 1. The number of halogens is 1. The molecule has 0 aliphatic carbocycles. The fraction of sp³-hybridized carbons (Fsp3) is 0.190.